The third-order valence-corrected chi connectivity index (χ3v) is 7.50. The maximum atomic E-state index is 15.2. The molecule has 3 rings (SSSR count). The molecular weight excluding hydrogens is 456 g/mol. The molecular formula is C29H36F4O2. The number of hydrogen-bond donors (Lipinski definition) is 1. The van der Waals surface area contributed by atoms with Gasteiger partial charge in [-0.05, 0) is 59.6 Å². The minimum absolute atomic E-state index is 0.00474. The van der Waals surface area contributed by atoms with E-state index in [0.717, 1.165) is 49.8 Å². The van der Waals surface area contributed by atoms with Crippen LogP contribution in [0.15, 0.2) is 24.3 Å². The molecule has 2 aromatic carbocycles. The first-order valence-corrected chi connectivity index (χ1v) is 13.0. The fourth-order valence-corrected chi connectivity index (χ4v) is 5.38. The molecule has 0 aromatic heterocycles. The van der Waals surface area contributed by atoms with Crippen LogP contribution in [0.1, 0.15) is 99.9 Å². The smallest absolute Gasteiger partial charge is 0.338 e. The van der Waals surface area contributed by atoms with Gasteiger partial charge in [-0.3, -0.25) is 0 Å². The lowest BCUT2D eigenvalue weighted by molar-refractivity contribution is 0.0691. The molecule has 1 aliphatic rings. The molecule has 1 saturated carbocycles. The molecule has 35 heavy (non-hydrogen) atoms. The molecule has 0 heterocycles. The van der Waals surface area contributed by atoms with Gasteiger partial charge >= 0.3 is 5.97 Å². The Morgan fingerprint density at radius 1 is 0.829 bits per heavy atom. The summed E-state index contributed by atoms with van der Waals surface area (Å²) in [4.78, 5) is 11.5. The van der Waals surface area contributed by atoms with Gasteiger partial charge in [0.25, 0.3) is 0 Å². The van der Waals surface area contributed by atoms with E-state index in [1.807, 2.05) is 0 Å². The molecule has 0 radical (unpaired) electrons. The largest absolute Gasteiger partial charge is 0.478 e. The first-order valence-electron chi connectivity index (χ1n) is 13.0. The van der Waals surface area contributed by atoms with Gasteiger partial charge in [0.1, 0.15) is 5.82 Å². The summed E-state index contributed by atoms with van der Waals surface area (Å²) in [6.07, 6.45) is 14.4. The molecule has 192 valence electrons. The van der Waals surface area contributed by atoms with Gasteiger partial charge in [-0.15, -0.1) is 0 Å². The van der Waals surface area contributed by atoms with Crippen LogP contribution in [0.4, 0.5) is 17.6 Å². The van der Waals surface area contributed by atoms with E-state index in [0.29, 0.717) is 12.3 Å². The number of hydrogen-bond acceptors (Lipinski definition) is 1. The summed E-state index contributed by atoms with van der Waals surface area (Å²) in [5, 5.41) is 9.34. The molecule has 6 heteroatoms. The number of carboxylic acid groups (broad SMARTS) is 1. The summed E-state index contributed by atoms with van der Waals surface area (Å²) in [6.45, 7) is 2.22. The minimum Gasteiger partial charge on any atom is -0.478 e. The second kappa shape index (κ2) is 13.1. The van der Waals surface area contributed by atoms with E-state index in [9.17, 15) is 23.1 Å². The van der Waals surface area contributed by atoms with E-state index in [1.54, 1.807) is 0 Å². The fourth-order valence-electron chi connectivity index (χ4n) is 5.38. The molecule has 0 amide bonds. The second-order valence-electron chi connectivity index (χ2n) is 9.99. The Kier molecular flexibility index (Phi) is 10.2. The summed E-state index contributed by atoms with van der Waals surface area (Å²) in [5.74, 6) is -5.47. The van der Waals surface area contributed by atoms with Gasteiger partial charge in [-0.2, -0.15) is 0 Å². The SMILES string of the molecule is CCCCCCCCC1CCC(CCc2c(-c3cc(F)c(F)c(F)c3)ccc(C(=O)O)c2F)CC1. The first kappa shape index (κ1) is 27.2. The van der Waals surface area contributed by atoms with Crippen LogP contribution in [0.2, 0.25) is 0 Å². The van der Waals surface area contributed by atoms with E-state index < -0.39 is 34.8 Å². The highest BCUT2D eigenvalue weighted by molar-refractivity contribution is 5.89. The molecule has 0 aliphatic heterocycles. The number of rotatable bonds is 12. The second-order valence-corrected chi connectivity index (χ2v) is 9.99. The fraction of sp³-hybridized carbons (Fsp3) is 0.552. The van der Waals surface area contributed by atoms with Crippen LogP contribution in [-0.2, 0) is 6.42 Å². The zero-order chi connectivity index (χ0) is 25.4. The van der Waals surface area contributed by atoms with E-state index >= 15 is 4.39 Å². The monoisotopic (exact) mass is 492 g/mol. The summed E-state index contributed by atoms with van der Waals surface area (Å²) in [7, 11) is 0. The Balaban J connectivity index is 1.64. The molecule has 0 unspecified atom stereocenters. The third-order valence-electron chi connectivity index (χ3n) is 7.50. The maximum Gasteiger partial charge on any atom is 0.338 e. The Hall–Kier alpha value is -2.37. The van der Waals surface area contributed by atoms with Crippen LogP contribution in [0.5, 0.6) is 0 Å². The van der Waals surface area contributed by atoms with Crippen LogP contribution in [-0.4, -0.2) is 11.1 Å². The van der Waals surface area contributed by atoms with Crippen LogP contribution in [0, 0.1) is 35.1 Å². The lowest BCUT2D eigenvalue weighted by Crippen LogP contribution is -2.16. The molecule has 2 nitrogen and oxygen atoms in total. The van der Waals surface area contributed by atoms with Crippen molar-refractivity contribution >= 4 is 5.97 Å². The first-order chi connectivity index (χ1) is 16.8. The average molecular weight is 493 g/mol. The Bertz CT molecular complexity index is 973. The number of carboxylic acids is 1. The average Bonchev–Trinajstić information content (AvgIpc) is 2.84. The molecule has 1 N–H and O–H groups in total. The van der Waals surface area contributed by atoms with Crippen molar-refractivity contribution in [3.63, 3.8) is 0 Å². The van der Waals surface area contributed by atoms with Gasteiger partial charge in [-0.25, -0.2) is 22.4 Å². The Morgan fingerprint density at radius 3 is 2.00 bits per heavy atom. The van der Waals surface area contributed by atoms with Crippen molar-refractivity contribution in [2.24, 2.45) is 11.8 Å². The lowest BCUT2D eigenvalue weighted by Gasteiger charge is -2.29. The molecule has 2 aromatic rings. The topological polar surface area (TPSA) is 37.3 Å². The minimum atomic E-state index is -1.59. The van der Waals surface area contributed by atoms with E-state index in [1.165, 1.54) is 51.0 Å². The van der Waals surface area contributed by atoms with Crippen LogP contribution in [0.25, 0.3) is 11.1 Å². The maximum absolute atomic E-state index is 15.2. The summed E-state index contributed by atoms with van der Waals surface area (Å²) in [5.41, 5.74) is -0.170. The van der Waals surface area contributed by atoms with Gasteiger partial charge in [0.05, 0.1) is 5.56 Å². The van der Waals surface area contributed by atoms with Crippen LogP contribution in [0.3, 0.4) is 0 Å². The number of aromatic carboxylic acids is 1. The molecule has 0 bridgehead atoms. The standard InChI is InChI=1S/C29H36F4O2/c1-2-3-4-5-6-7-8-19-9-11-20(12-10-19)13-14-23-22(15-16-24(27(23)32)29(34)35)21-17-25(30)28(33)26(31)18-21/h15-20H,2-14H2,1H3,(H,34,35). The summed E-state index contributed by atoms with van der Waals surface area (Å²) < 4.78 is 56.3. The van der Waals surface area contributed by atoms with Crippen molar-refractivity contribution < 1.29 is 27.5 Å². The van der Waals surface area contributed by atoms with Crippen LogP contribution < -0.4 is 0 Å². The van der Waals surface area contributed by atoms with Crippen molar-refractivity contribution in [1.82, 2.24) is 0 Å². The van der Waals surface area contributed by atoms with Crippen molar-refractivity contribution in [2.45, 2.75) is 90.4 Å². The van der Waals surface area contributed by atoms with E-state index in [-0.39, 0.29) is 23.1 Å². The van der Waals surface area contributed by atoms with Gasteiger partial charge < -0.3 is 5.11 Å². The predicted octanol–water partition coefficient (Wildman–Crippen LogP) is 9.10. The zero-order valence-corrected chi connectivity index (χ0v) is 20.5. The van der Waals surface area contributed by atoms with Crippen molar-refractivity contribution in [2.75, 3.05) is 0 Å². The van der Waals surface area contributed by atoms with Crippen LogP contribution >= 0.6 is 0 Å². The zero-order valence-electron chi connectivity index (χ0n) is 20.5. The lowest BCUT2D eigenvalue weighted by atomic mass is 9.77. The molecule has 1 aliphatic carbocycles. The molecule has 0 atom stereocenters. The number of benzene rings is 2. The third kappa shape index (κ3) is 7.31. The highest BCUT2D eigenvalue weighted by Gasteiger charge is 2.24. The summed E-state index contributed by atoms with van der Waals surface area (Å²) in [6, 6.07) is 4.09. The van der Waals surface area contributed by atoms with Crippen molar-refractivity contribution in [3.05, 3.63) is 58.7 Å². The summed E-state index contributed by atoms with van der Waals surface area (Å²) >= 11 is 0. The number of carbonyl (C=O) groups is 1. The Morgan fingerprint density at radius 2 is 1.40 bits per heavy atom. The van der Waals surface area contributed by atoms with Gasteiger partial charge in [0, 0.05) is 0 Å². The number of halogens is 4. The van der Waals surface area contributed by atoms with Gasteiger partial charge in [0.15, 0.2) is 17.5 Å². The van der Waals surface area contributed by atoms with Gasteiger partial charge in [-0.1, -0.05) is 83.6 Å². The predicted molar refractivity (Wildman–Crippen MR) is 130 cm³/mol. The highest BCUT2D eigenvalue weighted by atomic mass is 19.2. The normalized spacial score (nSPS) is 18.1. The van der Waals surface area contributed by atoms with E-state index in [2.05, 4.69) is 6.92 Å². The molecule has 0 saturated heterocycles. The van der Waals surface area contributed by atoms with Crippen molar-refractivity contribution in [3.8, 4) is 11.1 Å². The molecule has 1 fully saturated rings. The van der Waals surface area contributed by atoms with Gasteiger partial charge in [0.2, 0.25) is 0 Å². The Labute approximate surface area is 205 Å². The number of unbranched alkanes of at least 4 members (excludes halogenated alkanes) is 5. The molecule has 0 spiro atoms. The van der Waals surface area contributed by atoms with Crippen molar-refractivity contribution in [1.29, 1.82) is 0 Å². The van der Waals surface area contributed by atoms with E-state index in [4.69, 9.17) is 0 Å². The highest BCUT2D eigenvalue weighted by Crippen LogP contribution is 2.36. The quantitative estimate of drug-likeness (QED) is 0.182.